The maximum atomic E-state index is 12.8. The molecular weight excluding hydrogens is 342 g/mol. The van der Waals surface area contributed by atoms with Crippen LogP contribution >= 0.6 is 0 Å². The highest BCUT2D eigenvalue weighted by atomic mass is 16.5. The average molecular weight is 367 g/mol. The van der Waals surface area contributed by atoms with Crippen molar-refractivity contribution in [2.45, 2.75) is 18.9 Å². The molecule has 1 fully saturated rings. The molecule has 3 rings (SSSR count). The largest absolute Gasteiger partial charge is 0.492 e. The van der Waals surface area contributed by atoms with Gasteiger partial charge in [-0.15, -0.1) is 0 Å². The SMILES string of the molecule is CC(=O)NCCOc1ccc(C(=O)N2C[C@H](c3ccccc3)[C@@H](N)C2)cc1. The highest BCUT2D eigenvalue weighted by Gasteiger charge is 2.34. The summed E-state index contributed by atoms with van der Waals surface area (Å²) in [7, 11) is 0. The van der Waals surface area contributed by atoms with Gasteiger partial charge in [0.15, 0.2) is 0 Å². The summed E-state index contributed by atoms with van der Waals surface area (Å²) >= 11 is 0. The summed E-state index contributed by atoms with van der Waals surface area (Å²) in [4.78, 5) is 25.4. The number of hydrogen-bond acceptors (Lipinski definition) is 4. The van der Waals surface area contributed by atoms with Gasteiger partial charge in [-0.1, -0.05) is 30.3 Å². The predicted molar refractivity (Wildman–Crippen MR) is 104 cm³/mol. The van der Waals surface area contributed by atoms with E-state index in [-0.39, 0.29) is 23.8 Å². The Labute approximate surface area is 159 Å². The van der Waals surface area contributed by atoms with Crippen LogP contribution in [0, 0.1) is 0 Å². The minimum Gasteiger partial charge on any atom is -0.492 e. The van der Waals surface area contributed by atoms with Crippen LogP contribution in [0.2, 0.25) is 0 Å². The molecule has 6 nitrogen and oxygen atoms in total. The Kier molecular flexibility index (Phi) is 6.08. The molecule has 0 spiro atoms. The number of carbonyl (C=O) groups is 2. The monoisotopic (exact) mass is 367 g/mol. The van der Waals surface area contributed by atoms with E-state index in [1.807, 2.05) is 23.1 Å². The maximum Gasteiger partial charge on any atom is 0.253 e. The summed E-state index contributed by atoms with van der Waals surface area (Å²) in [6.07, 6.45) is 0. The lowest BCUT2D eigenvalue weighted by molar-refractivity contribution is -0.119. The lowest BCUT2D eigenvalue weighted by atomic mass is 9.95. The van der Waals surface area contributed by atoms with E-state index in [1.165, 1.54) is 12.5 Å². The zero-order chi connectivity index (χ0) is 19.2. The fourth-order valence-corrected chi connectivity index (χ4v) is 3.32. The van der Waals surface area contributed by atoms with E-state index in [9.17, 15) is 9.59 Å². The summed E-state index contributed by atoms with van der Waals surface area (Å²) in [5.41, 5.74) is 8.07. The van der Waals surface area contributed by atoms with E-state index in [1.54, 1.807) is 24.3 Å². The van der Waals surface area contributed by atoms with E-state index in [2.05, 4.69) is 17.4 Å². The second kappa shape index (κ2) is 8.68. The Morgan fingerprint density at radius 2 is 1.81 bits per heavy atom. The van der Waals surface area contributed by atoms with E-state index in [0.29, 0.717) is 37.6 Å². The fraction of sp³-hybridized carbons (Fsp3) is 0.333. The molecule has 1 aliphatic heterocycles. The molecule has 3 N–H and O–H groups in total. The summed E-state index contributed by atoms with van der Waals surface area (Å²) in [6.45, 7) is 3.47. The number of nitrogens with zero attached hydrogens (tertiary/aromatic N) is 1. The van der Waals surface area contributed by atoms with Gasteiger partial charge in [0.25, 0.3) is 5.91 Å². The van der Waals surface area contributed by atoms with Gasteiger partial charge in [0.05, 0.1) is 6.54 Å². The number of ether oxygens (including phenoxy) is 1. The number of nitrogens with one attached hydrogen (secondary N) is 1. The van der Waals surface area contributed by atoms with Gasteiger partial charge in [-0.2, -0.15) is 0 Å². The first-order chi connectivity index (χ1) is 13.0. The molecule has 6 heteroatoms. The predicted octanol–water partition coefficient (Wildman–Crippen LogP) is 1.77. The molecule has 0 saturated carbocycles. The number of nitrogens with two attached hydrogens (primary N) is 1. The smallest absolute Gasteiger partial charge is 0.253 e. The second-order valence-electron chi connectivity index (χ2n) is 6.75. The molecule has 27 heavy (non-hydrogen) atoms. The topological polar surface area (TPSA) is 84.7 Å². The molecule has 1 heterocycles. The standard InChI is InChI=1S/C21H25N3O3/c1-15(25)23-11-12-27-18-9-7-17(8-10-18)21(26)24-13-19(20(22)14-24)16-5-3-2-4-6-16/h2-10,19-20H,11-14,22H2,1H3,(H,23,25)/t19-,20+/m1/s1. The Hall–Kier alpha value is -2.86. The molecular formula is C21H25N3O3. The normalized spacial score (nSPS) is 19.0. The summed E-state index contributed by atoms with van der Waals surface area (Å²) in [5.74, 6) is 0.717. The van der Waals surface area contributed by atoms with E-state index >= 15 is 0 Å². The lowest BCUT2D eigenvalue weighted by Crippen LogP contribution is -2.32. The number of likely N-dealkylation sites (tertiary alicyclic amines) is 1. The van der Waals surface area contributed by atoms with Crippen LogP contribution in [-0.4, -0.2) is 49.0 Å². The molecule has 0 aliphatic carbocycles. The molecule has 2 amide bonds. The first-order valence-electron chi connectivity index (χ1n) is 9.11. The average Bonchev–Trinajstić information content (AvgIpc) is 3.07. The van der Waals surface area contributed by atoms with Gasteiger partial charge < -0.3 is 20.7 Å². The highest BCUT2D eigenvalue weighted by molar-refractivity contribution is 5.94. The Morgan fingerprint density at radius 1 is 1.11 bits per heavy atom. The van der Waals surface area contributed by atoms with Gasteiger partial charge in [0.2, 0.25) is 5.91 Å². The first kappa shape index (κ1) is 18.9. The van der Waals surface area contributed by atoms with Crippen LogP contribution in [0.4, 0.5) is 0 Å². The number of hydrogen-bond donors (Lipinski definition) is 2. The number of amides is 2. The molecule has 2 aromatic carbocycles. The van der Waals surface area contributed by atoms with Crippen molar-refractivity contribution in [1.82, 2.24) is 10.2 Å². The summed E-state index contributed by atoms with van der Waals surface area (Å²) < 4.78 is 5.55. The second-order valence-corrected chi connectivity index (χ2v) is 6.75. The number of carbonyl (C=O) groups excluding carboxylic acids is 2. The number of rotatable bonds is 6. The van der Waals surface area contributed by atoms with E-state index in [0.717, 1.165) is 0 Å². The van der Waals surface area contributed by atoms with Crippen molar-refractivity contribution in [3.63, 3.8) is 0 Å². The van der Waals surface area contributed by atoms with Crippen molar-refractivity contribution in [2.75, 3.05) is 26.2 Å². The Morgan fingerprint density at radius 3 is 2.48 bits per heavy atom. The minimum absolute atomic E-state index is 0.0197. The van der Waals surface area contributed by atoms with Crippen LogP contribution < -0.4 is 15.8 Å². The van der Waals surface area contributed by atoms with Crippen LogP contribution in [0.15, 0.2) is 54.6 Å². The van der Waals surface area contributed by atoms with E-state index in [4.69, 9.17) is 10.5 Å². The quantitative estimate of drug-likeness (QED) is 0.762. The number of benzene rings is 2. The van der Waals surface area contributed by atoms with Crippen molar-refractivity contribution in [3.05, 3.63) is 65.7 Å². The third kappa shape index (κ3) is 4.86. The third-order valence-corrected chi connectivity index (χ3v) is 4.73. The zero-order valence-electron chi connectivity index (χ0n) is 15.4. The molecule has 0 radical (unpaired) electrons. The molecule has 2 aromatic rings. The fourth-order valence-electron chi connectivity index (χ4n) is 3.32. The molecule has 0 unspecified atom stereocenters. The molecule has 0 bridgehead atoms. The Bertz CT molecular complexity index is 777. The summed E-state index contributed by atoms with van der Waals surface area (Å²) in [5, 5.41) is 2.67. The van der Waals surface area contributed by atoms with Crippen LogP contribution in [0.1, 0.15) is 28.8 Å². The lowest BCUT2D eigenvalue weighted by Gasteiger charge is -2.17. The van der Waals surface area contributed by atoms with Crippen molar-refractivity contribution >= 4 is 11.8 Å². The molecule has 1 saturated heterocycles. The minimum atomic E-state index is -0.0860. The first-order valence-corrected chi connectivity index (χ1v) is 9.11. The van der Waals surface area contributed by atoms with Gasteiger partial charge in [-0.3, -0.25) is 9.59 Å². The molecule has 2 atom stereocenters. The van der Waals surface area contributed by atoms with Crippen LogP contribution in [0.5, 0.6) is 5.75 Å². The summed E-state index contributed by atoms with van der Waals surface area (Å²) in [6, 6.07) is 17.1. The van der Waals surface area contributed by atoms with Crippen LogP contribution in [0.3, 0.4) is 0 Å². The molecule has 142 valence electrons. The van der Waals surface area contributed by atoms with Gasteiger partial charge in [0, 0.05) is 37.5 Å². The van der Waals surface area contributed by atoms with Crippen LogP contribution in [0.25, 0.3) is 0 Å². The van der Waals surface area contributed by atoms with E-state index < -0.39 is 0 Å². The van der Waals surface area contributed by atoms with Crippen LogP contribution in [-0.2, 0) is 4.79 Å². The Balaban J connectivity index is 1.57. The molecule has 1 aliphatic rings. The third-order valence-electron chi connectivity index (χ3n) is 4.73. The maximum absolute atomic E-state index is 12.8. The molecule has 0 aromatic heterocycles. The van der Waals surface area contributed by atoms with Crippen molar-refractivity contribution in [1.29, 1.82) is 0 Å². The van der Waals surface area contributed by atoms with Crippen molar-refractivity contribution in [2.24, 2.45) is 5.73 Å². The van der Waals surface area contributed by atoms with Gasteiger partial charge in [0.1, 0.15) is 12.4 Å². The van der Waals surface area contributed by atoms with Crippen molar-refractivity contribution in [3.8, 4) is 5.75 Å². The van der Waals surface area contributed by atoms with Crippen molar-refractivity contribution < 1.29 is 14.3 Å². The van der Waals surface area contributed by atoms with Gasteiger partial charge in [-0.25, -0.2) is 0 Å². The highest BCUT2D eigenvalue weighted by Crippen LogP contribution is 2.27. The zero-order valence-corrected chi connectivity index (χ0v) is 15.4. The van der Waals surface area contributed by atoms with Gasteiger partial charge in [-0.05, 0) is 29.8 Å². The van der Waals surface area contributed by atoms with Gasteiger partial charge >= 0.3 is 0 Å².